The minimum Gasteiger partial charge on any atom is -0.497 e. The smallest absolute Gasteiger partial charge is 0.276 e. The largest absolute Gasteiger partial charge is 0.497 e. The minimum absolute atomic E-state index is 0.140. The molecule has 0 aliphatic heterocycles. The van der Waals surface area contributed by atoms with Crippen LogP contribution in [0, 0.1) is 0 Å². The molecule has 0 saturated heterocycles. The average Bonchev–Trinajstić information content (AvgIpc) is 2.65. The monoisotopic (exact) mass is 344 g/mol. The molecule has 2 amide bonds. The van der Waals surface area contributed by atoms with Crippen molar-refractivity contribution in [2.75, 3.05) is 20.8 Å². The molecule has 0 saturated carbocycles. The van der Waals surface area contributed by atoms with Gasteiger partial charge in [0, 0.05) is 6.07 Å². The molecular formula is C18H20N2O5. The SMILES string of the molecule is COc1ccc(CC(=O)NNC(=O)COc2cccc(OC)c2)cc1. The number of rotatable bonds is 7. The van der Waals surface area contributed by atoms with Crippen LogP contribution >= 0.6 is 0 Å². The normalized spacial score (nSPS) is 9.84. The summed E-state index contributed by atoms with van der Waals surface area (Å²) in [6, 6.07) is 14.0. The fraction of sp³-hybridized carbons (Fsp3) is 0.222. The van der Waals surface area contributed by atoms with Crippen molar-refractivity contribution in [2.24, 2.45) is 0 Å². The lowest BCUT2D eigenvalue weighted by molar-refractivity contribution is -0.129. The summed E-state index contributed by atoms with van der Waals surface area (Å²) in [6.07, 6.45) is 0.140. The molecule has 7 heteroatoms. The van der Waals surface area contributed by atoms with Crippen molar-refractivity contribution >= 4 is 11.8 Å². The Morgan fingerprint density at radius 1 is 0.840 bits per heavy atom. The van der Waals surface area contributed by atoms with Crippen molar-refractivity contribution < 1.29 is 23.8 Å². The van der Waals surface area contributed by atoms with Gasteiger partial charge in [-0.05, 0) is 29.8 Å². The molecule has 0 heterocycles. The summed E-state index contributed by atoms with van der Waals surface area (Å²) in [7, 11) is 3.12. The second-order valence-electron chi connectivity index (χ2n) is 5.09. The summed E-state index contributed by atoms with van der Waals surface area (Å²) < 4.78 is 15.4. The van der Waals surface area contributed by atoms with Gasteiger partial charge in [-0.15, -0.1) is 0 Å². The predicted molar refractivity (Wildman–Crippen MR) is 91.5 cm³/mol. The number of benzene rings is 2. The Hall–Kier alpha value is -3.22. The topological polar surface area (TPSA) is 85.9 Å². The van der Waals surface area contributed by atoms with Crippen LogP contribution < -0.4 is 25.1 Å². The molecule has 0 radical (unpaired) electrons. The summed E-state index contributed by atoms with van der Waals surface area (Å²) in [4.78, 5) is 23.5. The van der Waals surface area contributed by atoms with E-state index in [4.69, 9.17) is 14.2 Å². The van der Waals surface area contributed by atoms with Crippen LogP contribution in [0.4, 0.5) is 0 Å². The molecule has 2 N–H and O–H groups in total. The molecule has 0 aliphatic carbocycles. The Balaban J connectivity index is 1.72. The van der Waals surface area contributed by atoms with E-state index in [2.05, 4.69) is 10.9 Å². The Morgan fingerprint density at radius 3 is 2.16 bits per heavy atom. The molecule has 0 aliphatic rings. The van der Waals surface area contributed by atoms with Crippen LogP contribution in [0.25, 0.3) is 0 Å². The summed E-state index contributed by atoms with van der Waals surface area (Å²) in [6.45, 7) is -0.226. The first kappa shape index (κ1) is 18.1. The van der Waals surface area contributed by atoms with E-state index in [0.29, 0.717) is 17.2 Å². The van der Waals surface area contributed by atoms with Crippen molar-refractivity contribution in [3.8, 4) is 17.2 Å². The van der Waals surface area contributed by atoms with E-state index in [0.717, 1.165) is 5.56 Å². The molecule has 25 heavy (non-hydrogen) atoms. The molecule has 0 aromatic heterocycles. The molecule has 2 aromatic rings. The lowest BCUT2D eigenvalue weighted by atomic mass is 10.1. The van der Waals surface area contributed by atoms with E-state index in [1.165, 1.54) is 0 Å². The lowest BCUT2D eigenvalue weighted by Gasteiger charge is -2.09. The average molecular weight is 344 g/mol. The third-order valence-electron chi connectivity index (χ3n) is 3.28. The maximum absolute atomic E-state index is 11.8. The fourth-order valence-corrected chi connectivity index (χ4v) is 1.99. The summed E-state index contributed by atoms with van der Waals surface area (Å²) in [5.41, 5.74) is 5.45. The highest BCUT2D eigenvalue weighted by molar-refractivity contribution is 5.83. The maximum atomic E-state index is 11.8. The number of ether oxygens (including phenoxy) is 3. The zero-order valence-corrected chi connectivity index (χ0v) is 14.1. The van der Waals surface area contributed by atoms with E-state index in [1.54, 1.807) is 62.8 Å². The molecule has 0 spiro atoms. The van der Waals surface area contributed by atoms with E-state index in [9.17, 15) is 9.59 Å². The highest BCUT2D eigenvalue weighted by Gasteiger charge is 2.07. The Bertz CT molecular complexity index is 716. The zero-order chi connectivity index (χ0) is 18.1. The number of nitrogens with one attached hydrogen (secondary N) is 2. The number of hydrazine groups is 1. The number of carbonyl (C=O) groups is 2. The van der Waals surface area contributed by atoms with E-state index in [-0.39, 0.29) is 18.9 Å². The van der Waals surface area contributed by atoms with Gasteiger partial charge < -0.3 is 14.2 Å². The van der Waals surface area contributed by atoms with Crippen molar-refractivity contribution in [1.82, 2.24) is 10.9 Å². The van der Waals surface area contributed by atoms with Crippen LogP contribution in [0.2, 0.25) is 0 Å². The summed E-state index contributed by atoms with van der Waals surface area (Å²) >= 11 is 0. The van der Waals surface area contributed by atoms with E-state index in [1.807, 2.05) is 0 Å². The van der Waals surface area contributed by atoms with E-state index < -0.39 is 5.91 Å². The van der Waals surface area contributed by atoms with Crippen LogP contribution in [0.1, 0.15) is 5.56 Å². The molecule has 0 unspecified atom stereocenters. The molecule has 0 bridgehead atoms. The van der Waals surface area contributed by atoms with Gasteiger partial charge in [0.25, 0.3) is 5.91 Å². The molecule has 7 nitrogen and oxygen atoms in total. The van der Waals surface area contributed by atoms with Gasteiger partial charge in [0.15, 0.2) is 6.61 Å². The second kappa shape index (κ2) is 9.17. The quantitative estimate of drug-likeness (QED) is 0.743. The third-order valence-corrected chi connectivity index (χ3v) is 3.28. The first-order valence-corrected chi connectivity index (χ1v) is 7.58. The van der Waals surface area contributed by atoms with Gasteiger partial charge in [0.1, 0.15) is 17.2 Å². The van der Waals surface area contributed by atoms with Crippen molar-refractivity contribution in [2.45, 2.75) is 6.42 Å². The molecule has 0 atom stereocenters. The highest BCUT2D eigenvalue weighted by atomic mass is 16.5. The van der Waals surface area contributed by atoms with Gasteiger partial charge in [-0.2, -0.15) is 0 Å². The highest BCUT2D eigenvalue weighted by Crippen LogP contribution is 2.18. The van der Waals surface area contributed by atoms with Gasteiger partial charge in [-0.3, -0.25) is 20.4 Å². The number of carbonyl (C=O) groups excluding carboxylic acids is 2. The lowest BCUT2D eigenvalue weighted by Crippen LogP contribution is -2.44. The molecule has 2 aromatic carbocycles. The van der Waals surface area contributed by atoms with Crippen LogP contribution in [0.3, 0.4) is 0 Å². The van der Waals surface area contributed by atoms with Crippen LogP contribution in [-0.2, 0) is 16.0 Å². The molecule has 0 fully saturated rings. The van der Waals surface area contributed by atoms with Gasteiger partial charge in [0.05, 0.1) is 20.6 Å². The van der Waals surface area contributed by atoms with E-state index >= 15 is 0 Å². The van der Waals surface area contributed by atoms with Crippen molar-refractivity contribution in [1.29, 1.82) is 0 Å². The number of amides is 2. The fourth-order valence-electron chi connectivity index (χ4n) is 1.99. The van der Waals surface area contributed by atoms with Crippen molar-refractivity contribution in [3.63, 3.8) is 0 Å². The molecular weight excluding hydrogens is 324 g/mol. The second-order valence-corrected chi connectivity index (χ2v) is 5.09. The van der Waals surface area contributed by atoms with Crippen LogP contribution in [0.5, 0.6) is 17.2 Å². The third kappa shape index (κ3) is 6.06. The van der Waals surface area contributed by atoms with Gasteiger partial charge in [0.2, 0.25) is 5.91 Å². The van der Waals surface area contributed by atoms with Crippen LogP contribution in [-0.4, -0.2) is 32.6 Å². The van der Waals surface area contributed by atoms with Crippen molar-refractivity contribution in [3.05, 3.63) is 54.1 Å². The summed E-state index contributed by atoms with van der Waals surface area (Å²) in [5, 5.41) is 0. The maximum Gasteiger partial charge on any atom is 0.276 e. The predicted octanol–water partition coefficient (Wildman–Crippen LogP) is 1.47. The van der Waals surface area contributed by atoms with Gasteiger partial charge in [-0.25, -0.2) is 0 Å². The minimum atomic E-state index is -0.467. The molecule has 2 rings (SSSR count). The molecule has 132 valence electrons. The number of hydrogen-bond donors (Lipinski definition) is 2. The van der Waals surface area contributed by atoms with Crippen LogP contribution in [0.15, 0.2) is 48.5 Å². The standard InChI is InChI=1S/C18H20N2O5/c1-23-14-8-6-13(7-9-14)10-17(21)19-20-18(22)12-25-16-5-3-4-15(11-16)24-2/h3-9,11H,10,12H2,1-2H3,(H,19,21)(H,20,22). The Morgan fingerprint density at radius 2 is 1.48 bits per heavy atom. The first-order valence-electron chi connectivity index (χ1n) is 7.58. The summed E-state index contributed by atoms with van der Waals surface area (Å²) in [5.74, 6) is 1.04. The van der Waals surface area contributed by atoms with Gasteiger partial charge >= 0.3 is 0 Å². The Kier molecular flexibility index (Phi) is 6.65. The van der Waals surface area contributed by atoms with Gasteiger partial charge in [-0.1, -0.05) is 18.2 Å². The number of methoxy groups -OCH3 is 2. The Labute approximate surface area is 145 Å². The zero-order valence-electron chi connectivity index (χ0n) is 14.1. The first-order chi connectivity index (χ1) is 12.1. The number of hydrogen-bond acceptors (Lipinski definition) is 5.